The van der Waals surface area contributed by atoms with Crippen LogP contribution in [0.5, 0.6) is 0 Å². The molecule has 2 rings (SSSR count). The van der Waals surface area contributed by atoms with Crippen LogP contribution in [0.25, 0.3) is 0 Å². The van der Waals surface area contributed by atoms with Crippen molar-refractivity contribution in [2.75, 3.05) is 5.73 Å². The van der Waals surface area contributed by atoms with Gasteiger partial charge in [-0.2, -0.15) is 0 Å². The number of sulfonamides is 1. The minimum atomic E-state index is -4.02. The predicted molar refractivity (Wildman–Crippen MR) is 78.5 cm³/mol. The van der Waals surface area contributed by atoms with Crippen LogP contribution in [0.4, 0.5) is 10.1 Å². The zero-order chi connectivity index (χ0) is 15.6. The molecule has 3 N–H and O–H groups in total. The summed E-state index contributed by atoms with van der Waals surface area (Å²) in [6.07, 6.45) is 3.14. The third-order valence-electron chi connectivity index (χ3n) is 3.05. The van der Waals surface area contributed by atoms with Gasteiger partial charge in [-0.15, -0.1) is 0 Å². The highest BCUT2D eigenvalue weighted by atomic mass is 32.2. The fourth-order valence-corrected chi connectivity index (χ4v) is 3.37. The van der Waals surface area contributed by atoms with E-state index < -0.39 is 26.8 Å². The van der Waals surface area contributed by atoms with Crippen molar-refractivity contribution < 1.29 is 12.8 Å². The molecule has 0 fully saturated rings. The molecule has 7 heteroatoms. The Bertz CT molecular complexity index is 748. The number of nitrogens with zero attached hydrogens (tertiary/aromatic N) is 1. The molecular weight excluding hydrogens is 293 g/mol. The molecule has 21 heavy (non-hydrogen) atoms. The molecule has 0 aliphatic carbocycles. The van der Waals surface area contributed by atoms with E-state index in [0.717, 1.165) is 6.07 Å². The van der Waals surface area contributed by atoms with Gasteiger partial charge in [-0.25, -0.2) is 17.5 Å². The molecule has 0 bridgehead atoms. The maximum atomic E-state index is 14.0. The molecule has 0 aliphatic rings. The van der Waals surface area contributed by atoms with Crippen molar-refractivity contribution in [2.45, 2.75) is 24.8 Å². The van der Waals surface area contributed by atoms with Gasteiger partial charge >= 0.3 is 0 Å². The zero-order valence-corrected chi connectivity index (χ0v) is 12.5. The van der Waals surface area contributed by atoms with E-state index in [2.05, 4.69) is 9.71 Å². The minimum Gasteiger partial charge on any atom is -0.399 e. The number of anilines is 1. The first-order valence-electron chi connectivity index (χ1n) is 6.29. The van der Waals surface area contributed by atoms with Gasteiger partial charge in [0.1, 0.15) is 10.7 Å². The van der Waals surface area contributed by atoms with E-state index in [4.69, 9.17) is 5.73 Å². The summed E-state index contributed by atoms with van der Waals surface area (Å²) in [5.41, 5.74) is 6.66. The highest BCUT2D eigenvalue weighted by molar-refractivity contribution is 7.89. The molecule has 1 heterocycles. The molecule has 0 aliphatic heterocycles. The number of benzene rings is 1. The highest BCUT2D eigenvalue weighted by Crippen LogP contribution is 2.23. The number of pyridine rings is 1. The maximum absolute atomic E-state index is 14.0. The summed E-state index contributed by atoms with van der Waals surface area (Å²) < 4.78 is 41.1. The normalized spacial score (nSPS) is 13.1. The Balaban J connectivity index is 2.35. The van der Waals surface area contributed by atoms with Crippen LogP contribution >= 0.6 is 0 Å². The van der Waals surface area contributed by atoms with Gasteiger partial charge in [0.25, 0.3) is 0 Å². The summed E-state index contributed by atoms with van der Waals surface area (Å²) in [5, 5.41) is 0. The van der Waals surface area contributed by atoms with E-state index in [1.165, 1.54) is 13.0 Å². The number of nitrogen functional groups attached to an aromatic ring is 1. The minimum absolute atomic E-state index is 0.185. The standard InChI is InChI=1S/C14H16FN3O2S/c1-9-6-12(16)7-13(14(9)15)21(19,20)18-10(2)11-4-3-5-17-8-11/h3-8,10,18H,16H2,1-2H3. The largest absolute Gasteiger partial charge is 0.399 e. The van der Waals surface area contributed by atoms with Crippen LogP contribution in [0.2, 0.25) is 0 Å². The third kappa shape index (κ3) is 3.37. The second-order valence-electron chi connectivity index (χ2n) is 4.78. The van der Waals surface area contributed by atoms with Gasteiger partial charge in [-0.3, -0.25) is 4.98 Å². The maximum Gasteiger partial charge on any atom is 0.244 e. The summed E-state index contributed by atoms with van der Waals surface area (Å²) in [7, 11) is -4.02. The van der Waals surface area contributed by atoms with Crippen LogP contribution in [-0.4, -0.2) is 13.4 Å². The van der Waals surface area contributed by atoms with E-state index in [1.54, 1.807) is 31.5 Å². The fourth-order valence-electron chi connectivity index (χ4n) is 1.96. The Morgan fingerprint density at radius 3 is 2.71 bits per heavy atom. The van der Waals surface area contributed by atoms with E-state index in [1.807, 2.05) is 0 Å². The van der Waals surface area contributed by atoms with Crippen molar-refractivity contribution in [1.29, 1.82) is 0 Å². The van der Waals surface area contributed by atoms with Crippen LogP contribution in [0.15, 0.2) is 41.6 Å². The van der Waals surface area contributed by atoms with Gasteiger partial charge in [0.2, 0.25) is 10.0 Å². The highest BCUT2D eigenvalue weighted by Gasteiger charge is 2.23. The van der Waals surface area contributed by atoms with Gasteiger partial charge in [-0.1, -0.05) is 6.07 Å². The van der Waals surface area contributed by atoms with Crippen molar-refractivity contribution in [1.82, 2.24) is 9.71 Å². The lowest BCUT2D eigenvalue weighted by atomic mass is 10.2. The van der Waals surface area contributed by atoms with Gasteiger partial charge in [0.15, 0.2) is 0 Å². The van der Waals surface area contributed by atoms with E-state index in [0.29, 0.717) is 5.56 Å². The molecule has 0 radical (unpaired) electrons. The second kappa shape index (κ2) is 5.79. The van der Waals surface area contributed by atoms with Gasteiger partial charge < -0.3 is 5.73 Å². The molecule has 1 atom stereocenters. The summed E-state index contributed by atoms with van der Waals surface area (Å²) >= 11 is 0. The predicted octanol–water partition coefficient (Wildman–Crippen LogP) is 2.15. The number of nitrogens with one attached hydrogen (secondary N) is 1. The average molecular weight is 309 g/mol. The first-order valence-corrected chi connectivity index (χ1v) is 7.77. The molecule has 5 nitrogen and oxygen atoms in total. The summed E-state index contributed by atoms with van der Waals surface area (Å²) in [6, 6.07) is 5.40. The lowest BCUT2D eigenvalue weighted by Gasteiger charge is -2.15. The fraction of sp³-hybridized carbons (Fsp3) is 0.214. The van der Waals surface area contributed by atoms with E-state index in [-0.39, 0.29) is 11.3 Å². The molecule has 0 amide bonds. The van der Waals surface area contributed by atoms with Crippen molar-refractivity contribution in [3.63, 3.8) is 0 Å². The van der Waals surface area contributed by atoms with Gasteiger partial charge in [-0.05, 0) is 43.2 Å². The molecular formula is C14H16FN3O2S. The molecule has 1 aromatic heterocycles. The SMILES string of the molecule is Cc1cc(N)cc(S(=O)(=O)NC(C)c2cccnc2)c1F. The summed E-state index contributed by atoms with van der Waals surface area (Å²) in [5.74, 6) is -0.796. The lowest BCUT2D eigenvalue weighted by Crippen LogP contribution is -2.28. The monoisotopic (exact) mass is 309 g/mol. The first-order chi connectivity index (χ1) is 9.81. The third-order valence-corrected chi connectivity index (χ3v) is 4.59. The van der Waals surface area contributed by atoms with Crippen molar-refractivity contribution in [3.05, 3.63) is 53.6 Å². The number of hydrogen-bond acceptors (Lipinski definition) is 4. The molecule has 0 saturated carbocycles. The Morgan fingerprint density at radius 2 is 2.10 bits per heavy atom. The molecule has 0 spiro atoms. The number of aromatic nitrogens is 1. The zero-order valence-electron chi connectivity index (χ0n) is 11.7. The molecule has 1 aromatic carbocycles. The van der Waals surface area contributed by atoms with Gasteiger partial charge in [0, 0.05) is 24.1 Å². The number of hydrogen-bond donors (Lipinski definition) is 2. The number of rotatable bonds is 4. The van der Waals surface area contributed by atoms with Crippen LogP contribution in [0, 0.1) is 12.7 Å². The summed E-state index contributed by atoms with van der Waals surface area (Å²) in [4.78, 5) is 3.48. The molecule has 1 unspecified atom stereocenters. The average Bonchev–Trinajstić information content (AvgIpc) is 2.43. The van der Waals surface area contributed by atoms with Crippen molar-refractivity contribution in [2.24, 2.45) is 0 Å². The topological polar surface area (TPSA) is 85.1 Å². The Morgan fingerprint density at radius 1 is 1.38 bits per heavy atom. The Labute approximate surface area is 123 Å². The number of nitrogens with two attached hydrogens (primary N) is 1. The Kier molecular flexibility index (Phi) is 4.24. The first kappa shape index (κ1) is 15.4. The van der Waals surface area contributed by atoms with Crippen molar-refractivity contribution >= 4 is 15.7 Å². The molecule has 0 saturated heterocycles. The number of aryl methyl sites for hydroxylation is 1. The number of halogens is 1. The van der Waals surface area contributed by atoms with Crippen molar-refractivity contribution in [3.8, 4) is 0 Å². The smallest absolute Gasteiger partial charge is 0.244 e. The molecule has 2 aromatic rings. The van der Waals surface area contributed by atoms with E-state index >= 15 is 0 Å². The van der Waals surface area contributed by atoms with Crippen LogP contribution < -0.4 is 10.5 Å². The summed E-state index contributed by atoms with van der Waals surface area (Å²) in [6.45, 7) is 3.13. The van der Waals surface area contributed by atoms with E-state index in [9.17, 15) is 12.8 Å². The van der Waals surface area contributed by atoms with Crippen LogP contribution in [0.1, 0.15) is 24.1 Å². The second-order valence-corrected chi connectivity index (χ2v) is 6.46. The Hall–Kier alpha value is -1.99. The van der Waals surface area contributed by atoms with Crippen LogP contribution in [-0.2, 0) is 10.0 Å². The van der Waals surface area contributed by atoms with Gasteiger partial charge in [0.05, 0.1) is 0 Å². The quantitative estimate of drug-likeness (QED) is 0.847. The lowest BCUT2D eigenvalue weighted by molar-refractivity contribution is 0.544. The van der Waals surface area contributed by atoms with Crippen LogP contribution in [0.3, 0.4) is 0 Å². The molecule has 112 valence electrons.